The molecule has 0 radical (unpaired) electrons. The van der Waals surface area contributed by atoms with Gasteiger partial charge in [-0.05, 0) is 48.9 Å². The van der Waals surface area contributed by atoms with Crippen LogP contribution in [0.1, 0.15) is 33.2 Å². The lowest BCUT2D eigenvalue weighted by Crippen LogP contribution is -2.24. The van der Waals surface area contributed by atoms with E-state index in [-0.39, 0.29) is 11.8 Å². The molecule has 0 aromatic heterocycles. The first-order valence-electron chi connectivity index (χ1n) is 10.2. The molecule has 0 unspecified atom stereocenters. The van der Waals surface area contributed by atoms with Gasteiger partial charge in [0.15, 0.2) is 0 Å². The summed E-state index contributed by atoms with van der Waals surface area (Å²) >= 11 is 0. The third kappa shape index (κ3) is 6.69. The molecule has 31 heavy (non-hydrogen) atoms. The van der Waals surface area contributed by atoms with Gasteiger partial charge in [0, 0.05) is 18.7 Å². The van der Waals surface area contributed by atoms with Crippen molar-refractivity contribution in [1.82, 2.24) is 5.32 Å². The number of anilines is 1. The second kappa shape index (κ2) is 11.5. The maximum absolute atomic E-state index is 12.7. The standard InChI is InChI=1S/C25H26N2O4/c1-2-30-16-17-31-21-14-12-20(13-15-21)24(28)27-23-11-7-6-10-22(23)25(29)26-18-19-8-4-3-5-9-19/h3-15H,2,16-18H2,1H3,(H,26,29)(H,27,28). The van der Waals surface area contributed by atoms with Gasteiger partial charge in [-0.3, -0.25) is 9.59 Å². The van der Waals surface area contributed by atoms with Crippen molar-refractivity contribution in [2.24, 2.45) is 0 Å². The fourth-order valence-corrected chi connectivity index (χ4v) is 2.92. The van der Waals surface area contributed by atoms with E-state index in [9.17, 15) is 9.59 Å². The first-order valence-corrected chi connectivity index (χ1v) is 10.2. The largest absolute Gasteiger partial charge is 0.491 e. The topological polar surface area (TPSA) is 76.7 Å². The van der Waals surface area contributed by atoms with Crippen LogP contribution in [0.5, 0.6) is 5.75 Å². The molecular weight excluding hydrogens is 392 g/mol. The van der Waals surface area contributed by atoms with E-state index in [1.165, 1.54) is 0 Å². The van der Waals surface area contributed by atoms with E-state index >= 15 is 0 Å². The van der Waals surface area contributed by atoms with E-state index in [0.29, 0.717) is 48.9 Å². The number of ether oxygens (including phenoxy) is 2. The van der Waals surface area contributed by atoms with Crippen LogP contribution in [0.15, 0.2) is 78.9 Å². The van der Waals surface area contributed by atoms with Gasteiger partial charge in [-0.2, -0.15) is 0 Å². The van der Waals surface area contributed by atoms with Gasteiger partial charge < -0.3 is 20.1 Å². The molecule has 0 aliphatic rings. The van der Waals surface area contributed by atoms with Gasteiger partial charge in [0.1, 0.15) is 12.4 Å². The Bertz CT molecular complexity index is 988. The molecule has 2 N–H and O–H groups in total. The summed E-state index contributed by atoms with van der Waals surface area (Å²) < 4.78 is 10.8. The summed E-state index contributed by atoms with van der Waals surface area (Å²) in [5, 5.41) is 5.71. The lowest BCUT2D eigenvalue weighted by molar-refractivity contribution is 0.0951. The van der Waals surface area contributed by atoms with Crippen molar-refractivity contribution < 1.29 is 19.1 Å². The van der Waals surface area contributed by atoms with Crippen LogP contribution in [0.4, 0.5) is 5.69 Å². The second-order valence-corrected chi connectivity index (χ2v) is 6.74. The zero-order valence-corrected chi connectivity index (χ0v) is 17.5. The first kappa shape index (κ1) is 22.1. The SMILES string of the molecule is CCOCCOc1ccc(C(=O)Nc2ccccc2C(=O)NCc2ccccc2)cc1. The Kier molecular flexibility index (Phi) is 8.20. The Hall–Kier alpha value is -3.64. The quantitative estimate of drug-likeness (QED) is 0.482. The number of carbonyl (C=O) groups is 2. The molecule has 6 heteroatoms. The average molecular weight is 418 g/mol. The molecular formula is C25H26N2O4. The van der Waals surface area contributed by atoms with E-state index < -0.39 is 0 Å². The molecule has 3 aromatic rings. The molecule has 3 rings (SSSR count). The maximum Gasteiger partial charge on any atom is 0.255 e. The number of rotatable bonds is 10. The van der Waals surface area contributed by atoms with Gasteiger partial charge in [0.25, 0.3) is 11.8 Å². The molecule has 0 aliphatic heterocycles. The van der Waals surface area contributed by atoms with Crippen LogP contribution in [-0.4, -0.2) is 31.6 Å². The third-order valence-electron chi connectivity index (χ3n) is 4.53. The molecule has 0 heterocycles. The molecule has 0 saturated carbocycles. The van der Waals surface area contributed by atoms with Crippen LogP contribution in [-0.2, 0) is 11.3 Å². The Labute approximate surface area is 182 Å². The molecule has 0 atom stereocenters. The number of para-hydroxylation sites is 1. The summed E-state index contributed by atoms with van der Waals surface area (Å²) in [6, 6.07) is 23.4. The molecule has 0 bridgehead atoms. The van der Waals surface area contributed by atoms with Gasteiger partial charge in [-0.25, -0.2) is 0 Å². The summed E-state index contributed by atoms with van der Waals surface area (Å²) in [6.07, 6.45) is 0. The number of nitrogens with one attached hydrogen (secondary N) is 2. The van der Waals surface area contributed by atoms with Crippen LogP contribution in [0.2, 0.25) is 0 Å². The first-order chi connectivity index (χ1) is 15.2. The van der Waals surface area contributed by atoms with Crippen molar-refractivity contribution >= 4 is 17.5 Å². The third-order valence-corrected chi connectivity index (χ3v) is 4.53. The van der Waals surface area contributed by atoms with Gasteiger partial charge in [-0.15, -0.1) is 0 Å². The van der Waals surface area contributed by atoms with E-state index in [1.807, 2.05) is 37.3 Å². The minimum Gasteiger partial charge on any atom is -0.491 e. The van der Waals surface area contributed by atoms with Crippen LogP contribution < -0.4 is 15.4 Å². The number of carbonyl (C=O) groups excluding carboxylic acids is 2. The van der Waals surface area contributed by atoms with Crippen molar-refractivity contribution in [3.63, 3.8) is 0 Å². The van der Waals surface area contributed by atoms with E-state index in [0.717, 1.165) is 5.56 Å². The summed E-state index contributed by atoms with van der Waals surface area (Å²) in [6.45, 7) is 3.95. The van der Waals surface area contributed by atoms with Crippen LogP contribution in [0.25, 0.3) is 0 Å². The van der Waals surface area contributed by atoms with Crippen molar-refractivity contribution in [3.8, 4) is 5.75 Å². The van der Waals surface area contributed by atoms with E-state index in [4.69, 9.17) is 9.47 Å². The smallest absolute Gasteiger partial charge is 0.255 e. The van der Waals surface area contributed by atoms with Crippen LogP contribution in [0.3, 0.4) is 0 Å². The fraction of sp³-hybridized carbons (Fsp3) is 0.200. The Morgan fingerprint density at radius 1 is 0.806 bits per heavy atom. The molecule has 0 aliphatic carbocycles. The molecule has 0 spiro atoms. The van der Waals surface area contributed by atoms with Crippen LogP contribution in [0, 0.1) is 0 Å². The number of amides is 2. The fourth-order valence-electron chi connectivity index (χ4n) is 2.92. The highest BCUT2D eigenvalue weighted by atomic mass is 16.5. The zero-order valence-electron chi connectivity index (χ0n) is 17.5. The minimum atomic E-state index is -0.302. The summed E-state index contributed by atoms with van der Waals surface area (Å²) in [5.41, 5.74) is 2.33. The molecule has 6 nitrogen and oxygen atoms in total. The van der Waals surface area contributed by atoms with Gasteiger partial charge in [0.2, 0.25) is 0 Å². The van der Waals surface area contributed by atoms with Crippen molar-refractivity contribution in [2.45, 2.75) is 13.5 Å². The number of hydrogen-bond donors (Lipinski definition) is 2. The highest BCUT2D eigenvalue weighted by Gasteiger charge is 2.14. The highest BCUT2D eigenvalue weighted by Crippen LogP contribution is 2.18. The lowest BCUT2D eigenvalue weighted by atomic mass is 10.1. The minimum absolute atomic E-state index is 0.252. The van der Waals surface area contributed by atoms with Gasteiger partial charge in [-0.1, -0.05) is 42.5 Å². The van der Waals surface area contributed by atoms with Crippen molar-refractivity contribution in [2.75, 3.05) is 25.1 Å². The van der Waals surface area contributed by atoms with Gasteiger partial charge in [0.05, 0.1) is 17.9 Å². The lowest BCUT2D eigenvalue weighted by Gasteiger charge is -2.12. The van der Waals surface area contributed by atoms with E-state index in [2.05, 4.69) is 10.6 Å². The molecule has 160 valence electrons. The summed E-state index contributed by atoms with van der Waals surface area (Å²) in [5.74, 6) is 0.110. The second-order valence-electron chi connectivity index (χ2n) is 6.74. The highest BCUT2D eigenvalue weighted by molar-refractivity contribution is 6.09. The summed E-state index contributed by atoms with van der Waals surface area (Å²) in [4.78, 5) is 25.3. The molecule has 0 fully saturated rings. The van der Waals surface area contributed by atoms with Crippen molar-refractivity contribution in [3.05, 3.63) is 95.6 Å². The predicted octanol–water partition coefficient (Wildman–Crippen LogP) is 4.28. The maximum atomic E-state index is 12.7. The Balaban J connectivity index is 1.60. The van der Waals surface area contributed by atoms with Crippen molar-refractivity contribution in [1.29, 1.82) is 0 Å². The molecule has 3 aromatic carbocycles. The number of hydrogen-bond acceptors (Lipinski definition) is 4. The molecule has 2 amide bonds. The average Bonchev–Trinajstić information content (AvgIpc) is 2.81. The number of benzene rings is 3. The molecule has 0 saturated heterocycles. The monoisotopic (exact) mass is 418 g/mol. The zero-order chi connectivity index (χ0) is 21.9. The normalized spacial score (nSPS) is 10.4. The van der Waals surface area contributed by atoms with Crippen LogP contribution >= 0.6 is 0 Å². The van der Waals surface area contributed by atoms with Gasteiger partial charge >= 0.3 is 0 Å². The Morgan fingerprint density at radius 3 is 2.26 bits per heavy atom. The predicted molar refractivity (Wildman–Crippen MR) is 120 cm³/mol. The van der Waals surface area contributed by atoms with E-state index in [1.54, 1.807) is 48.5 Å². The Morgan fingerprint density at radius 2 is 1.52 bits per heavy atom. The summed E-state index contributed by atoms with van der Waals surface area (Å²) in [7, 11) is 0.